The van der Waals surface area contributed by atoms with Crippen molar-refractivity contribution in [1.29, 1.82) is 0 Å². The van der Waals surface area contributed by atoms with E-state index in [0.29, 0.717) is 0 Å². The van der Waals surface area contributed by atoms with Crippen LogP contribution >= 0.6 is 0 Å². The van der Waals surface area contributed by atoms with Crippen molar-refractivity contribution < 1.29 is 4.74 Å². The van der Waals surface area contributed by atoms with Gasteiger partial charge in [0, 0.05) is 5.69 Å². The Morgan fingerprint density at radius 1 is 1.15 bits per heavy atom. The third-order valence-electron chi connectivity index (χ3n) is 3.40. The fourth-order valence-electron chi connectivity index (χ4n) is 2.20. The van der Waals surface area contributed by atoms with Gasteiger partial charge in [-0.1, -0.05) is 36.4 Å². The summed E-state index contributed by atoms with van der Waals surface area (Å²) in [7, 11) is 1.68. The highest BCUT2D eigenvalue weighted by Gasteiger charge is 2.10. The molecule has 0 aromatic heterocycles. The van der Waals surface area contributed by atoms with E-state index in [0.717, 1.165) is 17.9 Å². The molecule has 0 heterocycles. The summed E-state index contributed by atoms with van der Waals surface area (Å²) in [5.74, 6) is 0.877. The van der Waals surface area contributed by atoms with Crippen LogP contribution in [-0.2, 0) is 0 Å². The Balaban J connectivity index is 2.22. The van der Waals surface area contributed by atoms with Crippen LogP contribution in [0.5, 0.6) is 5.75 Å². The lowest BCUT2D eigenvalue weighted by Gasteiger charge is -2.20. The Kier molecular flexibility index (Phi) is 4.83. The largest absolute Gasteiger partial charge is 0.497 e. The average Bonchev–Trinajstić information content (AvgIpc) is 2.49. The average molecular weight is 267 g/mol. The maximum atomic E-state index is 5.21. The van der Waals surface area contributed by atoms with E-state index in [1.807, 2.05) is 24.3 Å². The van der Waals surface area contributed by atoms with E-state index in [4.69, 9.17) is 4.74 Å². The quantitative estimate of drug-likeness (QED) is 0.764. The van der Waals surface area contributed by atoms with Crippen molar-refractivity contribution in [2.75, 3.05) is 12.4 Å². The molecule has 0 aliphatic heterocycles. The molecule has 0 saturated heterocycles. The van der Waals surface area contributed by atoms with E-state index in [1.54, 1.807) is 7.11 Å². The zero-order chi connectivity index (χ0) is 14.4. The number of benzene rings is 2. The summed E-state index contributed by atoms with van der Waals surface area (Å²) in [5.41, 5.74) is 3.64. The third kappa shape index (κ3) is 3.41. The Labute approximate surface area is 121 Å². The molecule has 2 nitrogen and oxygen atoms in total. The molecule has 2 heteroatoms. The normalized spacial score (nSPS) is 11.7. The van der Waals surface area contributed by atoms with Crippen molar-refractivity contribution in [3.8, 4) is 5.75 Å². The molecule has 2 aromatic carbocycles. The molecular weight excluding hydrogens is 246 g/mol. The van der Waals surface area contributed by atoms with Gasteiger partial charge >= 0.3 is 0 Å². The lowest BCUT2D eigenvalue weighted by molar-refractivity contribution is 0.414. The van der Waals surface area contributed by atoms with Crippen molar-refractivity contribution in [1.82, 2.24) is 0 Å². The first kappa shape index (κ1) is 14.2. The van der Waals surface area contributed by atoms with Crippen LogP contribution in [0.4, 0.5) is 5.69 Å². The zero-order valence-electron chi connectivity index (χ0n) is 12.1. The zero-order valence-corrected chi connectivity index (χ0v) is 12.1. The van der Waals surface area contributed by atoms with Gasteiger partial charge in [-0.05, 0) is 42.7 Å². The number of methoxy groups -OCH3 is 1. The second kappa shape index (κ2) is 6.80. The maximum Gasteiger partial charge on any atom is 0.118 e. The van der Waals surface area contributed by atoms with Crippen LogP contribution in [-0.4, -0.2) is 7.11 Å². The predicted octanol–water partition coefficient (Wildman–Crippen LogP) is 4.73. The van der Waals surface area contributed by atoms with Gasteiger partial charge in [0.1, 0.15) is 5.75 Å². The molecular formula is C18H21NO. The minimum Gasteiger partial charge on any atom is -0.497 e. The highest BCUT2D eigenvalue weighted by atomic mass is 16.5. The molecule has 0 radical (unpaired) electrons. The van der Waals surface area contributed by atoms with Gasteiger partial charge < -0.3 is 10.1 Å². The van der Waals surface area contributed by atoms with E-state index >= 15 is 0 Å². The molecule has 0 aliphatic carbocycles. The number of hydrogen-bond acceptors (Lipinski definition) is 2. The highest BCUT2D eigenvalue weighted by Crippen LogP contribution is 2.26. The van der Waals surface area contributed by atoms with E-state index < -0.39 is 0 Å². The molecule has 104 valence electrons. The number of ether oxygens (including phenoxy) is 1. The molecule has 1 unspecified atom stereocenters. The second-order valence-corrected chi connectivity index (χ2v) is 4.81. The lowest BCUT2D eigenvalue weighted by Crippen LogP contribution is -2.10. The van der Waals surface area contributed by atoms with E-state index in [-0.39, 0.29) is 6.04 Å². The molecule has 0 spiro atoms. The number of rotatable bonds is 6. The summed E-state index contributed by atoms with van der Waals surface area (Å²) in [6.07, 6.45) is 2.82. The SMILES string of the molecule is C=CCC(Nc1ccccc1C)c1ccc(OC)cc1. The summed E-state index contributed by atoms with van der Waals surface area (Å²) in [5, 5.41) is 3.59. The van der Waals surface area contributed by atoms with Gasteiger partial charge in [0.2, 0.25) is 0 Å². The molecule has 1 N–H and O–H groups in total. The third-order valence-corrected chi connectivity index (χ3v) is 3.40. The first-order valence-electron chi connectivity index (χ1n) is 6.81. The molecule has 20 heavy (non-hydrogen) atoms. The number of nitrogens with one attached hydrogen (secondary N) is 1. The van der Waals surface area contributed by atoms with Gasteiger partial charge in [0.05, 0.1) is 13.2 Å². The molecule has 0 saturated carbocycles. The number of hydrogen-bond donors (Lipinski definition) is 1. The van der Waals surface area contributed by atoms with Crippen LogP contribution in [0.15, 0.2) is 61.2 Å². The monoisotopic (exact) mass is 267 g/mol. The Morgan fingerprint density at radius 2 is 1.85 bits per heavy atom. The highest BCUT2D eigenvalue weighted by molar-refractivity contribution is 5.52. The van der Waals surface area contributed by atoms with Crippen molar-refractivity contribution >= 4 is 5.69 Å². The molecule has 0 amide bonds. The van der Waals surface area contributed by atoms with Crippen molar-refractivity contribution in [2.45, 2.75) is 19.4 Å². The first-order chi connectivity index (χ1) is 9.74. The van der Waals surface area contributed by atoms with Gasteiger partial charge in [-0.2, -0.15) is 0 Å². The van der Waals surface area contributed by atoms with Gasteiger partial charge in [-0.3, -0.25) is 0 Å². The minimum atomic E-state index is 0.222. The number of para-hydroxylation sites is 1. The summed E-state index contributed by atoms with van der Waals surface area (Å²) >= 11 is 0. The van der Waals surface area contributed by atoms with Gasteiger partial charge in [0.15, 0.2) is 0 Å². The van der Waals surface area contributed by atoms with Crippen LogP contribution in [0.3, 0.4) is 0 Å². The van der Waals surface area contributed by atoms with Crippen molar-refractivity contribution in [3.63, 3.8) is 0 Å². The van der Waals surface area contributed by atoms with Gasteiger partial charge in [-0.25, -0.2) is 0 Å². The number of aryl methyl sites for hydroxylation is 1. The van der Waals surface area contributed by atoms with E-state index in [2.05, 4.69) is 49.2 Å². The van der Waals surface area contributed by atoms with Crippen molar-refractivity contribution in [3.05, 3.63) is 72.3 Å². The van der Waals surface area contributed by atoms with Crippen molar-refractivity contribution in [2.24, 2.45) is 0 Å². The first-order valence-corrected chi connectivity index (χ1v) is 6.81. The fourth-order valence-corrected chi connectivity index (χ4v) is 2.20. The molecule has 2 aromatic rings. The van der Waals surface area contributed by atoms with Crippen LogP contribution in [0.2, 0.25) is 0 Å². The summed E-state index contributed by atoms with van der Waals surface area (Å²) in [6, 6.07) is 16.7. The Bertz CT molecular complexity index is 560. The lowest BCUT2D eigenvalue weighted by atomic mass is 10.0. The predicted molar refractivity (Wildman–Crippen MR) is 85.4 cm³/mol. The Morgan fingerprint density at radius 3 is 2.45 bits per heavy atom. The van der Waals surface area contributed by atoms with Gasteiger partial charge in [0.25, 0.3) is 0 Å². The van der Waals surface area contributed by atoms with Crippen LogP contribution in [0.25, 0.3) is 0 Å². The van der Waals surface area contributed by atoms with Crippen LogP contribution in [0.1, 0.15) is 23.6 Å². The molecule has 2 rings (SSSR count). The summed E-state index contributed by atoms with van der Waals surface area (Å²) in [4.78, 5) is 0. The summed E-state index contributed by atoms with van der Waals surface area (Å²) in [6.45, 7) is 5.97. The van der Waals surface area contributed by atoms with Gasteiger partial charge in [-0.15, -0.1) is 6.58 Å². The van der Waals surface area contributed by atoms with Crippen LogP contribution < -0.4 is 10.1 Å². The maximum absolute atomic E-state index is 5.21. The summed E-state index contributed by atoms with van der Waals surface area (Å²) < 4.78 is 5.21. The van der Waals surface area contributed by atoms with E-state index in [9.17, 15) is 0 Å². The standard InChI is InChI=1S/C18H21NO/c1-4-7-18(15-10-12-16(20-3)13-11-15)19-17-9-6-5-8-14(17)2/h4-6,8-13,18-19H,1,7H2,2-3H3. The molecule has 0 aliphatic rings. The second-order valence-electron chi connectivity index (χ2n) is 4.81. The molecule has 0 bridgehead atoms. The topological polar surface area (TPSA) is 21.3 Å². The minimum absolute atomic E-state index is 0.222. The molecule has 1 atom stereocenters. The Hall–Kier alpha value is -2.22. The number of anilines is 1. The fraction of sp³-hybridized carbons (Fsp3) is 0.222. The van der Waals surface area contributed by atoms with E-state index in [1.165, 1.54) is 11.1 Å². The van der Waals surface area contributed by atoms with Crippen LogP contribution in [0, 0.1) is 6.92 Å². The smallest absolute Gasteiger partial charge is 0.118 e. The molecule has 0 fully saturated rings.